The molecular formula is C13H17N3. The maximum atomic E-state index is 5.82. The summed E-state index contributed by atoms with van der Waals surface area (Å²) in [6.45, 7) is 6.23. The molecule has 0 radical (unpaired) electrons. The SMILES string of the molecule is Cc1ccc(C)c(-c2nc(N)n(C)c2C)c1. The lowest BCUT2D eigenvalue weighted by Crippen LogP contribution is -1.97. The number of imidazole rings is 1. The number of hydrogen-bond acceptors (Lipinski definition) is 2. The molecule has 1 aromatic carbocycles. The summed E-state index contributed by atoms with van der Waals surface area (Å²) in [7, 11) is 1.94. The van der Waals surface area contributed by atoms with Crippen LogP contribution in [-0.2, 0) is 7.05 Å². The summed E-state index contributed by atoms with van der Waals surface area (Å²) in [4.78, 5) is 4.42. The molecular weight excluding hydrogens is 198 g/mol. The van der Waals surface area contributed by atoms with E-state index in [9.17, 15) is 0 Å². The number of anilines is 1. The highest BCUT2D eigenvalue weighted by Crippen LogP contribution is 2.27. The summed E-state index contributed by atoms with van der Waals surface area (Å²) in [5.41, 5.74) is 11.5. The summed E-state index contributed by atoms with van der Waals surface area (Å²) in [5.74, 6) is 0.563. The Kier molecular flexibility index (Phi) is 2.46. The Morgan fingerprint density at radius 2 is 1.88 bits per heavy atom. The van der Waals surface area contributed by atoms with E-state index in [2.05, 4.69) is 37.0 Å². The number of nitrogens with zero attached hydrogens (tertiary/aromatic N) is 2. The fraction of sp³-hybridized carbons (Fsp3) is 0.308. The molecule has 0 unspecified atom stereocenters. The van der Waals surface area contributed by atoms with E-state index < -0.39 is 0 Å². The lowest BCUT2D eigenvalue weighted by Gasteiger charge is -2.05. The topological polar surface area (TPSA) is 43.8 Å². The van der Waals surface area contributed by atoms with Crippen LogP contribution in [0.2, 0.25) is 0 Å². The molecule has 0 saturated heterocycles. The van der Waals surface area contributed by atoms with Crippen molar-refractivity contribution in [1.29, 1.82) is 0 Å². The smallest absolute Gasteiger partial charge is 0.200 e. The molecule has 1 heterocycles. The zero-order chi connectivity index (χ0) is 11.9. The van der Waals surface area contributed by atoms with Gasteiger partial charge in [-0.3, -0.25) is 0 Å². The minimum Gasteiger partial charge on any atom is -0.369 e. The Morgan fingerprint density at radius 3 is 2.44 bits per heavy atom. The summed E-state index contributed by atoms with van der Waals surface area (Å²) in [6, 6.07) is 6.39. The van der Waals surface area contributed by atoms with Gasteiger partial charge in [-0.25, -0.2) is 4.98 Å². The van der Waals surface area contributed by atoms with Crippen LogP contribution in [0.25, 0.3) is 11.3 Å². The van der Waals surface area contributed by atoms with E-state index in [0.29, 0.717) is 5.95 Å². The maximum Gasteiger partial charge on any atom is 0.200 e. The largest absolute Gasteiger partial charge is 0.369 e. The second-order valence-electron chi connectivity index (χ2n) is 4.28. The van der Waals surface area contributed by atoms with Crippen LogP contribution in [0.3, 0.4) is 0 Å². The minimum absolute atomic E-state index is 0.563. The molecule has 3 nitrogen and oxygen atoms in total. The van der Waals surface area contributed by atoms with Crippen molar-refractivity contribution in [2.24, 2.45) is 7.05 Å². The quantitative estimate of drug-likeness (QED) is 0.794. The lowest BCUT2D eigenvalue weighted by molar-refractivity contribution is 0.889. The second-order valence-corrected chi connectivity index (χ2v) is 4.28. The van der Waals surface area contributed by atoms with Crippen molar-refractivity contribution in [2.75, 3.05) is 5.73 Å². The predicted octanol–water partition coefficient (Wildman–Crippen LogP) is 2.59. The van der Waals surface area contributed by atoms with Crippen molar-refractivity contribution in [3.8, 4) is 11.3 Å². The summed E-state index contributed by atoms with van der Waals surface area (Å²) in [5, 5.41) is 0. The lowest BCUT2D eigenvalue weighted by atomic mass is 10.0. The molecule has 16 heavy (non-hydrogen) atoms. The average molecular weight is 215 g/mol. The molecule has 0 amide bonds. The summed E-state index contributed by atoms with van der Waals surface area (Å²) < 4.78 is 1.91. The van der Waals surface area contributed by atoms with Gasteiger partial charge in [0.1, 0.15) is 0 Å². The van der Waals surface area contributed by atoms with E-state index in [4.69, 9.17) is 5.73 Å². The monoisotopic (exact) mass is 215 g/mol. The van der Waals surface area contributed by atoms with Crippen LogP contribution in [0.1, 0.15) is 16.8 Å². The van der Waals surface area contributed by atoms with Crippen LogP contribution in [-0.4, -0.2) is 9.55 Å². The van der Waals surface area contributed by atoms with Gasteiger partial charge >= 0.3 is 0 Å². The van der Waals surface area contributed by atoms with E-state index in [0.717, 1.165) is 11.4 Å². The van der Waals surface area contributed by atoms with Crippen molar-refractivity contribution >= 4 is 5.95 Å². The van der Waals surface area contributed by atoms with E-state index in [1.165, 1.54) is 16.7 Å². The number of aromatic nitrogens is 2. The number of benzene rings is 1. The van der Waals surface area contributed by atoms with Gasteiger partial charge in [-0.2, -0.15) is 0 Å². The van der Waals surface area contributed by atoms with Crippen molar-refractivity contribution in [1.82, 2.24) is 9.55 Å². The van der Waals surface area contributed by atoms with Crippen LogP contribution in [0.15, 0.2) is 18.2 Å². The normalized spacial score (nSPS) is 10.8. The predicted molar refractivity (Wildman–Crippen MR) is 67.3 cm³/mol. The highest BCUT2D eigenvalue weighted by Gasteiger charge is 2.12. The number of aryl methyl sites for hydroxylation is 2. The van der Waals surface area contributed by atoms with Gasteiger partial charge < -0.3 is 10.3 Å². The molecule has 3 heteroatoms. The fourth-order valence-corrected chi connectivity index (χ4v) is 1.85. The van der Waals surface area contributed by atoms with Gasteiger partial charge in [-0.1, -0.05) is 17.7 Å². The number of hydrogen-bond donors (Lipinski definition) is 1. The van der Waals surface area contributed by atoms with Crippen LogP contribution >= 0.6 is 0 Å². The molecule has 0 fully saturated rings. The Labute approximate surface area is 95.9 Å². The van der Waals surface area contributed by atoms with Crippen molar-refractivity contribution in [3.05, 3.63) is 35.0 Å². The van der Waals surface area contributed by atoms with Gasteiger partial charge in [-0.15, -0.1) is 0 Å². The molecule has 2 rings (SSSR count). The van der Waals surface area contributed by atoms with Crippen LogP contribution < -0.4 is 5.73 Å². The first-order valence-corrected chi connectivity index (χ1v) is 5.37. The first kappa shape index (κ1) is 10.7. The molecule has 84 valence electrons. The molecule has 0 atom stereocenters. The molecule has 0 spiro atoms. The minimum atomic E-state index is 0.563. The molecule has 0 bridgehead atoms. The van der Waals surface area contributed by atoms with Gasteiger partial charge in [0.15, 0.2) is 0 Å². The van der Waals surface area contributed by atoms with Crippen molar-refractivity contribution in [2.45, 2.75) is 20.8 Å². The Bertz CT molecular complexity index is 538. The third-order valence-electron chi connectivity index (χ3n) is 3.06. The van der Waals surface area contributed by atoms with E-state index >= 15 is 0 Å². The molecule has 0 aliphatic carbocycles. The fourth-order valence-electron chi connectivity index (χ4n) is 1.85. The van der Waals surface area contributed by atoms with Gasteiger partial charge in [0.05, 0.1) is 5.69 Å². The molecule has 1 aromatic heterocycles. The molecule has 2 aromatic rings. The summed E-state index contributed by atoms with van der Waals surface area (Å²) >= 11 is 0. The first-order chi connectivity index (χ1) is 7.50. The van der Waals surface area contributed by atoms with Gasteiger partial charge in [0.25, 0.3) is 0 Å². The maximum absolute atomic E-state index is 5.82. The Balaban J connectivity index is 2.67. The number of nitrogens with two attached hydrogens (primary N) is 1. The van der Waals surface area contributed by atoms with Gasteiger partial charge in [-0.05, 0) is 32.4 Å². The second kappa shape index (κ2) is 3.67. The zero-order valence-electron chi connectivity index (χ0n) is 10.2. The van der Waals surface area contributed by atoms with Crippen LogP contribution in [0.4, 0.5) is 5.95 Å². The standard InChI is InChI=1S/C13H17N3/c1-8-5-6-9(2)11(7-8)12-10(3)16(4)13(14)15-12/h5-7H,1-4H3,(H2,14,15). The average Bonchev–Trinajstić information content (AvgIpc) is 2.50. The molecule has 2 N–H and O–H groups in total. The van der Waals surface area contributed by atoms with Gasteiger partial charge in [0, 0.05) is 18.3 Å². The van der Waals surface area contributed by atoms with Crippen LogP contribution in [0.5, 0.6) is 0 Å². The zero-order valence-corrected chi connectivity index (χ0v) is 10.2. The van der Waals surface area contributed by atoms with Crippen LogP contribution in [0, 0.1) is 20.8 Å². The van der Waals surface area contributed by atoms with E-state index in [-0.39, 0.29) is 0 Å². The van der Waals surface area contributed by atoms with Gasteiger partial charge in [0.2, 0.25) is 5.95 Å². The molecule has 0 aliphatic rings. The molecule has 0 saturated carbocycles. The van der Waals surface area contributed by atoms with Crippen molar-refractivity contribution in [3.63, 3.8) is 0 Å². The number of nitrogen functional groups attached to an aromatic ring is 1. The molecule has 0 aliphatic heterocycles. The number of rotatable bonds is 1. The Hall–Kier alpha value is -1.77. The highest BCUT2D eigenvalue weighted by molar-refractivity contribution is 5.68. The van der Waals surface area contributed by atoms with E-state index in [1.807, 2.05) is 18.5 Å². The van der Waals surface area contributed by atoms with Crippen molar-refractivity contribution < 1.29 is 0 Å². The third-order valence-corrected chi connectivity index (χ3v) is 3.06. The summed E-state index contributed by atoms with van der Waals surface area (Å²) in [6.07, 6.45) is 0. The third kappa shape index (κ3) is 1.58. The Morgan fingerprint density at radius 1 is 1.19 bits per heavy atom. The van der Waals surface area contributed by atoms with E-state index in [1.54, 1.807) is 0 Å². The highest BCUT2D eigenvalue weighted by atomic mass is 15.1. The first-order valence-electron chi connectivity index (χ1n) is 5.37.